The average Bonchev–Trinajstić information content (AvgIpc) is 3.59. The van der Waals surface area contributed by atoms with Gasteiger partial charge < -0.3 is 9.47 Å². The molecule has 0 spiro atoms. The number of anilines is 3. The number of hydrogen-bond acceptors (Lipinski definition) is 1. The average molecular weight is 689 g/mol. The van der Waals surface area contributed by atoms with E-state index in [1.54, 1.807) is 0 Å². The van der Waals surface area contributed by atoms with E-state index in [0.717, 1.165) is 22.7 Å². The first-order chi connectivity index (χ1) is 26.8. The van der Waals surface area contributed by atoms with Crippen LogP contribution in [0.15, 0.2) is 218 Å². The van der Waals surface area contributed by atoms with Crippen LogP contribution in [0, 0.1) is 0 Å². The van der Waals surface area contributed by atoms with Gasteiger partial charge in [0.05, 0.1) is 11.0 Å². The highest BCUT2D eigenvalue weighted by molar-refractivity contribution is 6.16. The Bertz CT molecular complexity index is 2920. The summed E-state index contributed by atoms with van der Waals surface area (Å²) >= 11 is 0. The van der Waals surface area contributed by atoms with Crippen molar-refractivity contribution >= 4 is 49.6 Å². The normalized spacial score (nSPS) is 11.3. The van der Waals surface area contributed by atoms with Crippen LogP contribution in [0.2, 0.25) is 0 Å². The highest BCUT2D eigenvalue weighted by Gasteiger charge is 2.18. The third-order valence-corrected chi connectivity index (χ3v) is 10.5. The molecule has 0 atom stereocenters. The van der Waals surface area contributed by atoms with Gasteiger partial charge in [0.1, 0.15) is 0 Å². The summed E-state index contributed by atoms with van der Waals surface area (Å²) in [6, 6.07) is 78.9. The van der Waals surface area contributed by atoms with Gasteiger partial charge in [-0.05, 0) is 111 Å². The largest absolute Gasteiger partial charge is 0.310 e. The Kier molecular flexibility index (Phi) is 7.85. The van der Waals surface area contributed by atoms with Gasteiger partial charge in [0.15, 0.2) is 0 Å². The van der Waals surface area contributed by atoms with Crippen LogP contribution < -0.4 is 4.90 Å². The molecule has 0 aliphatic heterocycles. The molecule has 0 saturated carbocycles. The zero-order chi connectivity index (χ0) is 35.8. The van der Waals surface area contributed by atoms with E-state index in [1.807, 2.05) is 0 Å². The smallest absolute Gasteiger partial charge is 0.0547 e. The molecule has 9 aromatic carbocycles. The van der Waals surface area contributed by atoms with Crippen molar-refractivity contribution in [2.24, 2.45) is 0 Å². The Labute approximate surface area is 315 Å². The summed E-state index contributed by atoms with van der Waals surface area (Å²) in [4.78, 5) is 2.38. The molecule has 54 heavy (non-hydrogen) atoms. The molecule has 10 aromatic rings. The minimum Gasteiger partial charge on any atom is -0.310 e. The summed E-state index contributed by atoms with van der Waals surface area (Å²) in [7, 11) is 0. The quantitative estimate of drug-likeness (QED) is 0.162. The molecule has 0 bridgehead atoms. The first kappa shape index (κ1) is 31.6. The van der Waals surface area contributed by atoms with Crippen LogP contribution >= 0.6 is 0 Å². The van der Waals surface area contributed by atoms with Gasteiger partial charge in [-0.1, -0.05) is 152 Å². The van der Waals surface area contributed by atoms with Gasteiger partial charge in [-0.15, -0.1) is 0 Å². The summed E-state index contributed by atoms with van der Waals surface area (Å²) in [5.41, 5.74) is 14.1. The molecule has 0 radical (unpaired) electrons. The molecule has 1 heterocycles. The predicted molar refractivity (Wildman–Crippen MR) is 229 cm³/mol. The molecule has 10 rings (SSSR count). The van der Waals surface area contributed by atoms with Gasteiger partial charge >= 0.3 is 0 Å². The van der Waals surface area contributed by atoms with Crippen molar-refractivity contribution in [2.75, 3.05) is 4.90 Å². The lowest BCUT2D eigenvalue weighted by Crippen LogP contribution is -2.10. The second kappa shape index (κ2) is 13.4. The molecule has 254 valence electrons. The molecular weight excluding hydrogens is 653 g/mol. The number of aromatic nitrogens is 1. The van der Waals surface area contributed by atoms with Crippen LogP contribution in [-0.2, 0) is 0 Å². The summed E-state index contributed by atoms with van der Waals surface area (Å²) in [6.07, 6.45) is 0. The number of rotatable bonds is 7. The first-order valence-electron chi connectivity index (χ1n) is 18.5. The second-order valence-electron chi connectivity index (χ2n) is 13.8. The fraction of sp³-hybridized carbons (Fsp3) is 0. The molecule has 0 N–H and O–H groups in total. The van der Waals surface area contributed by atoms with Gasteiger partial charge in [0, 0.05) is 33.5 Å². The molecule has 0 unspecified atom stereocenters. The molecule has 0 aliphatic rings. The fourth-order valence-corrected chi connectivity index (χ4v) is 8.00. The topological polar surface area (TPSA) is 8.17 Å². The highest BCUT2D eigenvalue weighted by atomic mass is 15.1. The summed E-state index contributed by atoms with van der Waals surface area (Å²) in [5, 5.41) is 4.94. The Hall–Kier alpha value is -7.16. The SMILES string of the molecule is c1ccc(-c2cccc(-c3ccc(N(c4cccc(-c5cccc6c5c5ccccc5n6-c5ccccc5)c4)c4ccc5ccccc5c4)cc3)c2)cc1. The van der Waals surface area contributed by atoms with Crippen LogP contribution in [-0.4, -0.2) is 4.57 Å². The lowest BCUT2D eigenvalue weighted by atomic mass is 9.98. The number of benzene rings is 9. The minimum atomic E-state index is 1.10. The molecule has 0 amide bonds. The molecule has 0 fully saturated rings. The van der Waals surface area contributed by atoms with E-state index in [-0.39, 0.29) is 0 Å². The fourth-order valence-electron chi connectivity index (χ4n) is 8.00. The van der Waals surface area contributed by atoms with Crippen molar-refractivity contribution in [3.63, 3.8) is 0 Å². The van der Waals surface area contributed by atoms with Crippen LogP contribution in [0.1, 0.15) is 0 Å². The van der Waals surface area contributed by atoms with Gasteiger partial charge in [-0.25, -0.2) is 0 Å². The zero-order valence-electron chi connectivity index (χ0n) is 29.7. The number of para-hydroxylation sites is 2. The lowest BCUT2D eigenvalue weighted by molar-refractivity contribution is 1.18. The van der Waals surface area contributed by atoms with Crippen LogP contribution in [0.4, 0.5) is 17.1 Å². The molecule has 1 aromatic heterocycles. The second-order valence-corrected chi connectivity index (χ2v) is 13.8. The van der Waals surface area contributed by atoms with E-state index in [4.69, 9.17) is 0 Å². The van der Waals surface area contributed by atoms with E-state index in [1.165, 1.54) is 66.0 Å². The Balaban J connectivity index is 1.11. The van der Waals surface area contributed by atoms with Crippen molar-refractivity contribution in [1.82, 2.24) is 4.57 Å². The van der Waals surface area contributed by atoms with Crippen molar-refractivity contribution in [1.29, 1.82) is 0 Å². The summed E-state index contributed by atoms with van der Waals surface area (Å²) in [5.74, 6) is 0. The Morgan fingerprint density at radius 2 is 0.889 bits per heavy atom. The molecule has 2 nitrogen and oxygen atoms in total. The third kappa shape index (κ3) is 5.62. The maximum Gasteiger partial charge on any atom is 0.0547 e. The maximum absolute atomic E-state index is 2.39. The molecule has 0 aliphatic carbocycles. The van der Waals surface area contributed by atoms with Crippen LogP contribution in [0.25, 0.3) is 71.6 Å². The van der Waals surface area contributed by atoms with Gasteiger partial charge in [0.2, 0.25) is 0 Å². The molecule has 2 heteroatoms. The van der Waals surface area contributed by atoms with E-state index in [2.05, 4.69) is 228 Å². The number of fused-ring (bicyclic) bond motifs is 4. The van der Waals surface area contributed by atoms with Gasteiger partial charge in [0.25, 0.3) is 0 Å². The first-order valence-corrected chi connectivity index (χ1v) is 18.5. The van der Waals surface area contributed by atoms with Crippen LogP contribution in [0.3, 0.4) is 0 Å². The Morgan fingerprint density at radius 1 is 0.315 bits per heavy atom. The monoisotopic (exact) mass is 688 g/mol. The summed E-state index contributed by atoms with van der Waals surface area (Å²) < 4.78 is 2.39. The lowest BCUT2D eigenvalue weighted by Gasteiger charge is -2.26. The van der Waals surface area contributed by atoms with Gasteiger partial charge in [-0.2, -0.15) is 0 Å². The van der Waals surface area contributed by atoms with E-state index < -0.39 is 0 Å². The number of nitrogens with zero attached hydrogens (tertiary/aromatic N) is 2. The van der Waals surface area contributed by atoms with Crippen molar-refractivity contribution < 1.29 is 0 Å². The zero-order valence-corrected chi connectivity index (χ0v) is 29.7. The van der Waals surface area contributed by atoms with Gasteiger partial charge in [-0.3, -0.25) is 0 Å². The maximum atomic E-state index is 2.39. The van der Waals surface area contributed by atoms with E-state index in [0.29, 0.717) is 0 Å². The minimum absolute atomic E-state index is 1.10. The highest BCUT2D eigenvalue weighted by Crippen LogP contribution is 2.42. The summed E-state index contributed by atoms with van der Waals surface area (Å²) in [6.45, 7) is 0. The number of hydrogen-bond donors (Lipinski definition) is 0. The van der Waals surface area contributed by atoms with Crippen LogP contribution in [0.5, 0.6) is 0 Å². The Morgan fingerprint density at radius 3 is 1.70 bits per heavy atom. The molecule has 0 saturated heterocycles. The standard InChI is InChI=1S/C52H36N2/c1-3-14-37(15-4-1)40-18-11-19-41(34-40)39-28-31-45(32-29-39)53(47-33-30-38-16-7-8-17-42(38)35-47)46-23-12-20-43(36-46)48-25-13-27-51-52(48)49-24-9-10-26-50(49)54(51)44-21-5-2-6-22-44/h1-36H. The van der Waals surface area contributed by atoms with Crippen molar-refractivity contribution in [3.8, 4) is 39.1 Å². The molecular formula is C52H36N2. The third-order valence-electron chi connectivity index (χ3n) is 10.5. The van der Waals surface area contributed by atoms with Crippen molar-refractivity contribution in [2.45, 2.75) is 0 Å². The predicted octanol–water partition coefficient (Wildman–Crippen LogP) is 14.4. The van der Waals surface area contributed by atoms with E-state index >= 15 is 0 Å². The van der Waals surface area contributed by atoms with E-state index in [9.17, 15) is 0 Å². The van der Waals surface area contributed by atoms with Crippen molar-refractivity contribution in [3.05, 3.63) is 218 Å².